The molecule has 106 valence electrons. The lowest BCUT2D eigenvalue weighted by molar-refractivity contribution is 0.0683. The first kappa shape index (κ1) is 3.96. The zero-order chi connectivity index (χ0) is 29.8. The minimum Gasteiger partial charge on any atom is -0.367 e. The van der Waals surface area contributed by atoms with Gasteiger partial charge in [0, 0.05) is 21.6 Å². The highest BCUT2D eigenvalue weighted by atomic mass is 16.5. The van der Waals surface area contributed by atoms with E-state index in [2.05, 4.69) is 0 Å². The van der Waals surface area contributed by atoms with E-state index >= 15 is 0 Å². The fraction of sp³-hybridized carbons (Fsp3) is 0.333. The summed E-state index contributed by atoms with van der Waals surface area (Å²) < 4.78 is 147. The van der Waals surface area contributed by atoms with Crippen LogP contribution in [0, 0.1) is 6.85 Å². The first-order chi connectivity index (χ1) is 16.9. The van der Waals surface area contributed by atoms with Gasteiger partial charge in [-0.2, -0.15) is 0 Å². The van der Waals surface area contributed by atoms with Gasteiger partial charge < -0.3 is 9.64 Å². The molecular formula is C18H23NO. The Kier molecular flexibility index (Phi) is 1.43. The lowest BCUT2D eigenvalue weighted by Crippen LogP contribution is -2.20. The molecule has 0 amide bonds. The summed E-state index contributed by atoms with van der Waals surface area (Å²) in [7, 11) is 0. The second-order valence-electron chi connectivity index (χ2n) is 3.67. The molecule has 1 unspecified atom stereocenters. The standard InChI is InChI=1S/C18H23NO/c1-15-9-7-8-12-17(15)18(20-14-13-19(2)3)16-10-5-4-6-11-16/h4-12,18H,13-14H2,1-3H3/i1D3,2D3,3D3,4D,5D,6D,10D,11D,13D2,14D2. The first-order valence-electron chi connectivity index (χ1n) is 14.5. The maximum absolute atomic E-state index is 8.30. The van der Waals surface area contributed by atoms with Gasteiger partial charge in [-0.1, -0.05) is 54.5 Å². The van der Waals surface area contributed by atoms with Crippen molar-refractivity contribution in [3.8, 4) is 0 Å². The minimum atomic E-state index is -3.95. The summed E-state index contributed by atoms with van der Waals surface area (Å²) in [6, 6.07) is 0.260. The third-order valence-corrected chi connectivity index (χ3v) is 2.36. The molecule has 2 aromatic rings. The van der Waals surface area contributed by atoms with Crippen LogP contribution >= 0.6 is 0 Å². The van der Waals surface area contributed by atoms with Crippen molar-refractivity contribution in [3.63, 3.8) is 0 Å². The van der Waals surface area contributed by atoms with Gasteiger partial charge in [-0.05, 0) is 37.5 Å². The average molecular weight is 287 g/mol. The van der Waals surface area contributed by atoms with Crippen LogP contribution in [0.2, 0.25) is 0 Å². The fourth-order valence-corrected chi connectivity index (χ4v) is 1.53. The Hall–Kier alpha value is -1.64. The van der Waals surface area contributed by atoms with Crippen molar-refractivity contribution in [2.75, 3.05) is 27.0 Å². The Bertz CT molecular complexity index is 1140. The van der Waals surface area contributed by atoms with Gasteiger partial charge in [-0.25, -0.2) is 0 Å². The predicted molar refractivity (Wildman–Crippen MR) is 84.0 cm³/mol. The maximum Gasteiger partial charge on any atom is 0.108 e. The number of aryl methyl sites for hydroxylation is 1. The van der Waals surface area contributed by atoms with E-state index in [1.54, 1.807) is 0 Å². The highest BCUT2D eigenvalue weighted by Gasteiger charge is 2.16. The topological polar surface area (TPSA) is 12.5 Å². The predicted octanol–water partition coefficient (Wildman–Crippen LogP) is 3.66. The van der Waals surface area contributed by atoms with Crippen molar-refractivity contribution in [3.05, 3.63) is 71.2 Å². The second-order valence-corrected chi connectivity index (χ2v) is 3.67. The Morgan fingerprint density at radius 2 is 2.05 bits per heavy atom. The van der Waals surface area contributed by atoms with Crippen molar-refractivity contribution in [2.24, 2.45) is 0 Å². The zero-order valence-corrected chi connectivity index (χ0v) is 10.2. The van der Waals surface area contributed by atoms with E-state index in [0.717, 1.165) is 12.1 Å². The van der Waals surface area contributed by atoms with Crippen LogP contribution < -0.4 is 0 Å². The van der Waals surface area contributed by atoms with Crippen LogP contribution in [-0.4, -0.2) is 31.9 Å². The lowest BCUT2D eigenvalue weighted by Gasteiger charge is -2.22. The van der Waals surface area contributed by atoms with Crippen LogP contribution in [-0.2, 0) is 4.74 Å². The van der Waals surface area contributed by atoms with Gasteiger partial charge in [0.25, 0.3) is 0 Å². The van der Waals surface area contributed by atoms with E-state index in [9.17, 15) is 0 Å². The molecule has 0 aliphatic heterocycles. The molecule has 0 aliphatic carbocycles. The van der Waals surface area contributed by atoms with Crippen molar-refractivity contribution < 1.29 is 29.4 Å². The van der Waals surface area contributed by atoms with Gasteiger partial charge in [-0.3, -0.25) is 0 Å². The molecule has 0 saturated heterocycles. The Labute approximate surface area is 147 Å². The summed E-state index contributed by atoms with van der Waals surface area (Å²) in [5, 5.41) is 0. The molecule has 0 N–H and O–H groups in total. The minimum absolute atomic E-state index is 0.444. The van der Waals surface area contributed by atoms with Crippen molar-refractivity contribution in [1.29, 1.82) is 0 Å². The number of hydrogen-bond donors (Lipinski definition) is 0. The second kappa shape index (κ2) is 7.22. The molecule has 0 spiro atoms. The molecule has 0 saturated carbocycles. The van der Waals surface area contributed by atoms with Crippen LogP contribution in [0.3, 0.4) is 0 Å². The number of benzene rings is 2. The normalized spacial score (nSPS) is 29.1. The van der Waals surface area contributed by atoms with E-state index in [0.29, 0.717) is 0 Å². The molecule has 0 bridgehead atoms. The van der Waals surface area contributed by atoms with E-state index in [4.69, 9.17) is 29.4 Å². The van der Waals surface area contributed by atoms with Crippen LogP contribution in [0.1, 0.15) is 47.5 Å². The van der Waals surface area contributed by atoms with Crippen LogP contribution in [0.5, 0.6) is 0 Å². The quantitative estimate of drug-likeness (QED) is 0.804. The first-order valence-corrected chi connectivity index (χ1v) is 5.52. The highest BCUT2D eigenvalue weighted by molar-refractivity contribution is 5.35. The van der Waals surface area contributed by atoms with E-state index < -0.39 is 91.8 Å². The van der Waals surface area contributed by atoms with Crippen LogP contribution in [0.4, 0.5) is 0 Å². The van der Waals surface area contributed by atoms with Gasteiger partial charge >= 0.3 is 0 Å². The van der Waals surface area contributed by atoms with Gasteiger partial charge in [0.05, 0.1) is 16.2 Å². The number of rotatable bonds is 6. The molecule has 0 heterocycles. The number of likely N-dealkylation sites (N-methyl/N-ethyl adjacent to an activating group) is 1. The highest BCUT2D eigenvalue weighted by Crippen LogP contribution is 2.28. The van der Waals surface area contributed by atoms with Crippen molar-refractivity contribution in [1.82, 2.24) is 4.90 Å². The van der Waals surface area contributed by atoms with E-state index in [1.807, 2.05) is 0 Å². The van der Waals surface area contributed by atoms with Gasteiger partial charge in [-0.15, -0.1) is 0 Å². The number of ether oxygens (including phenoxy) is 1. The van der Waals surface area contributed by atoms with Crippen molar-refractivity contribution >= 4 is 0 Å². The molecule has 0 aliphatic rings. The Balaban J connectivity index is 2.94. The molecule has 0 fully saturated rings. The fourth-order valence-electron chi connectivity index (χ4n) is 1.53. The third-order valence-electron chi connectivity index (χ3n) is 2.36. The summed E-state index contributed by atoms with van der Waals surface area (Å²) in [6.07, 6.45) is -2.22. The number of nitrogens with zero attached hydrogens (tertiary/aromatic N) is 1. The molecular weight excluding hydrogens is 246 g/mol. The van der Waals surface area contributed by atoms with Gasteiger partial charge in [0.2, 0.25) is 0 Å². The van der Waals surface area contributed by atoms with Crippen molar-refractivity contribution in [2.45, 2.75) is 13.0 Å². The Morgan fingerprint density at radius 1 is 1.25 bits per heavy atom. The molecule has 1 atom stereocenters. The van der Waals surface area contributed by atoms with Gasteiger partial charge in [0.15, 0.2) is 0 Å². The summed E-state index contributed by atoms with van der Waals surface area (Å²) in [5.41, 5.74) is -1.72. The third kappa shape index (κ3) is 3.92. The summed E-state index contributed by atoms with van der Waals surface area (Å²) in [5.74, 6) is 0. The zero-order valence-electron chi connectivity index (χ0n) is 28.2. The number of hydrogen-bond acceptors (Lipinski definition) is 2. The molecule has 20 heavy (non-hydrogen) atoms. The van der Waals surface area contributed by atoms with Gasteiger partial charge in [0.1, 0.15) is 6.10 Å². The largest absolute Gasteiger partial charge is 0.367 e. The monoisotopic (exact) mass is 287 g/mol. The maximum atomic E-state index is 8.30. The SMILES string of the molecule is [2H]c1c([2H])c([2H])c(C(OC([2H])([2H])C([2H])([2H])N(C([2H])([2H])[2H])C([2H])([2H])[2H])c2ccccc2C([2H])([2H])[2H])c([2H])c1[2H]. The molecule has 2 rings (SSSR count). The molecule has 2 heteroatoms. The van der Waals surface area contributed by atoms with E-state index in [1.165, 1.54) is 12.1 Å². The summed E-state index contributed by atoms with van der Waals surface area (Å²) in [6.45, 7) is -18.2. The summed E-state index contributed by atoms with van der Waals surface area (Å²) in [4.78, 5) is -0.707. The summed E-state index contributed by atoms with van der Waals surface area (Å²) >= 11 is 0. The van der Waals surface area contributed by atoms with Crippen LogP contribution in [0.15, 0.2) is 54.5 Å². The smallest absolute Gasteiger partial charge is 0.108 e. The lowest BCUT2D eigenvalue weighted by atomic mass is 9.97. The Morgan fingerprint density at radius 3 is 2.80 bits per heavy atom. The van der Waals surface area contributed by atoms with E-state index in [-0.39, 0.29) is 0 Å². The molecule has 2 nitrogen and oxygen atoms in total. The molecule has 2 aromatic carbocycles. The molecule has 0 radical (unpaired) electrons. The average Bonchev–Trinajstić information content (AvgIpc) is 2.72. The molecule has 0 aromatic heterocycles. The van der Waals surface area contributed by atoms with Crippen LogP contribution in [0.25, 0.3) is 0 Å².